The topological polar surface area (TPSA) is 41.6 Å². The van der Waals surface area contributed by atoms with Crippen molar-refractivity contribution in [3.8, 4) is 11.3 Å². The Hall–Kier alpha value is -1.64. The first-order valence-electron chi connectivity index (χ1n) is 4.22. The van der Waals surface area contributed by atoms with Gasteiger partial charge in [0.2, 0.25) is 0 Å². The second-order valence-corrected chi connectivity index (χ2v) is 3.02. The van der Waals surface area contributed by atoms with E-state index >= 15 is 0 Å². The number of rotatable bonds is 1. The standard InChI is InChI=1S/C10H11N3/c1-7-10(8(2)13-12-7)9-5-3-4-6-11-9/h3-6H,1-2H3,(H,12,13). The average molecular weight is 173 g/mol. The number of hydrogen-bond donors (Lipinski definition) is 1. The average Bonchev–Trinajstić information content (AvgIpc) is 2.48. The molecule has 13 heavy (non-hydrogen) atoms. The first kappa shape index (κ1) is 7.98. The van der Waals surface area contributed by atoms with Crippen LogP contribution in [0, 0.1) is 13.8 Å². The normalized spacial score (nSPS) is 10.3. The highest BCUT2D eigenvalue weighted by atomic mass is 15.1. The Bertz CT molecular complexity index is 384. The molecule has 2 heterocycles. The molecule has 0 saturated heterocycles. The van der Waals surface area contributed by atoms with Crippen LogP contribution in [0.3, 0.4) is 0 Å². The molecule has 0 radical (unpaired) electrons. The van der Waals surface area contributed by atoms with Gasteiger partial charge >= 0.3 is 0 Å². The van der Waals surface area contributed by atoms with Crippen molar-refractivity contribution >= 4 is 0 Å². The van der Waals surface area contributed by atoms with E-state index in [1.807, 2.05) is 32.0 Å². The zero-order valence-electron chi connectivity index (χ0n) is 7.70. The Morgan fingerprint density at radius 2 is 2.08 bits per heavy atom. The van der Waals surface area contributed by atoms with Gasteiger partial charge in [-0.1, -0.05) is 6.07 Å². The molecule has 0 aromatic carbocycles. The first-order valence-corrected chi connectivity index (χ1v) is 4.22. The van der Waals surface area contributed by atoms with Crippen LogP contribution in [0.2, 0.25) is 0 Å². The van der Waals surface area contributed by atoms with Crippen molar-refractivity contribution in [1.82, 2.24) is 15.2 Å². The second kappa shape index (κ2) is 3.01. The summed E-state index contributed by atoms with van der Waals surface area (Å²) in [5.41, 5.74) is 4.15. The lowest BCUT2D eigenvalue weighted by molar-refractivity contribution is 1.02. The van der Waals surface area contributed by atoms with Crippen molar-refractivity contribution in [1.29, 1.82) is 0 Å². The molecule has 0 aliphatic carbocycles. The number of pyridine rings is 1. The van der Waals surface area contributed by atoms with Gasteiger partial charge in [-0.15, -0.1) is 0 Å². The minimum Gasteiger partial charge on any atom is -0.282 e. The van der Waals surface area contributed by atoms with Gasteiger partial charge in [-0.2, -0.15) is 5.10 Å². The summed E-state index contributed by atoms with van der Waals surface area (Å²) >= 11 is 0. The highest BCUT2D eigenvalue weighted by Crippen LogP contribution is 2.22. The van der Waals surface area contributed by atoms with E-state index in [2.05, 4.69) is 15.2 Å². The molecule has 66 valence electrons. The highest BCUT2D eigenvalue weighted by molar-refractivity contribution is 5.63. The van der Waals surface area contributed by atoms with Crippen LogP contribution in [0.5, 0.6) is 0 Å². The van der Waals surface area contributed by atoms with E-state index in [4.69, 9.17) is 0 Å². The smallest absolute Gasteiger partial charge is 0.0738 e. The Balaban J connectivity index is 2.59. The van der Waals surface area contributed by atoms with Gasteiger partial charge in [0, 0.05) is 17.5 Å². The molecule has 0 aliphatic rings. The van der Waals surface area contributed by atoms with Crippen LogP contribution in [0.25, 0.3) is 11.3 Å². The molecule has 0 fully saturated rings. The van der Waals surface area contributed by atoms with Crippen LogP contribution < -0.4 is 0 Å². The predicted octanol–water partition coefficient (Wildman–Crippen LogP) is 2.09. The number of aromatic nitrogens is 3. The van der Waals surface area contributed by atoms with E-state index in [0.717, 1.165) is 22.6 Å². The van der Waals surface area contributed by atoms with Crippen LogP contribution >= 0.6 is 0 Å². The van der Waals surface area contributed by atoms with E-state index in [1.54, 1.807) is 6.20 Å². The third-order valence-corrected chi connectivity index (χ3v) is 2.05. The summed E-state index contributed by atoms with van der Waals surface area (Å²) < 4.78 is 0. The van der Waals surface area contributed by atoms with Crippen LogP contribution in [0.1, 0.15) is 11.4 Å². The van der Waals surface area contributed by atoms with Gasteiger partial charge in [0.15, 0.2) is 0 Å². The molecule has 0 aliphatic heterocycles. The molecule has 3 nitrogen and oxygen atoms in total. The predicted molar refractivity (Wildman–Crippen MR) is 51.3 cm³/mol. The van der Waals surface area contributed by atoms with E-state index in [9.17, 15) is 0 Å². The third kappa shape index (κ3) is 1.33. The number of hydrogen-bond acceptors (Lipinski definition) is 2. The molecule has 0 atom stereocenters. The van der Waals surface area contributed by atoms with Gasteiger partial charge < -0.3 is 0 Å². The number of aryl methyl sites for hydroxylation is 2. The molecule has 0 bridgehead atoms. The van der Waals surface area contributed by atoms with Crippen LogP contribution in [-0.4, -0.2) is 15.2 Å². The van der Waals surface area contributed by atoms with E-state index in [1.165, 1.54) is 0 Å². The monoisotopic (exact) mass is 173 g/mol. The first-order chi connectivity index (χ1) is 6.29. The fourth-order valence-corrected chi connectivity index (χ4v) is 1.44. The summed E-state index contributed by atoms with van der Waals surface area (Å²) in [4.78, 5) is 4.28. The molecule has 1 N–H and O–H groups in total. The van der Waals surface area contributed by atoms with E-state index in [-0.39, 0.29) is 0 Å². The zero-order valence-corrected chi connectivity index (χ0v) is 7.70. The van der Waals surface area contributed by atoms with E-state index < -0.39 is 0 Å². The number of nitrogens with one attached hydrogen (secondary N) is 1. The summed E-state index contributed by atoms with van der Waals surface area (Å²) in [6, 6.07) is 5.88. The zero-order chi connectivity index (χ0) is 9.26. The third-order valence-electron chi connectivity index (χ3n) is 2.05. The maximum atomic E-state index is 4.28. The number of H-pyrrole nitrogens is 1. The number of nitrogens with zero attached hydrogens (tertiary/aromatic N) is 2. The van der Waals surface area contributed by atoms with Gasteiger partial charge in [-0.05, 0) is 26.0 Å². The molecule has 0 saturated carbocycles. The summed E-state index contributed by atoms with van der Waals surface area (Å²) in [5.74, 6) is 0. The lowest BCUT2D eigenvalue weighted by atomic mass is 10.1. The van der Waals surface area contributed by atoms with Crippen molar-refractivity contribution in [2.45, 2.75) is 13.8 Å². The summed E-state index contributed by atoms with van der Waals surface area (Å²) in [5, 5.41) is 7.07. The van der Waals surface area contributed by atoms with Crippen LogP contribution in [0.4, 0.5) is 0 Å². The highest BCUT2D eigenvalue weighted by Gasteiger charge is 2.08. The van der Waals surface area contributed by atoms with Crippen molar-refractivity contribution in [3.63, 3.8) is 0 Å². The Morgan fingerprint density at radius 1 is 1.23 bits per heavy atom. The molecule has 2 aromatic heterocycles. The van der Waals surface area contributed by atoms with Crippen molar-refractivity contribution < 1.29 is 0 Å². The Morgan fingerprint density at radius 3 is 2.62 bits per heavy atom. The molecular weight excluding hydrogens is 162 g/mol. The molecule has 0 spiro atoms. The molecular formula is C10H11N3. The van der Waals surface area contributed by atoms with Crippen molar-refractivity contribution in [3.05, 3.63) is 35.8 Å². The summed E-state index contributed by atoms with van der Waals surface area (Å²) in [6.07, 6.45) is 1.79. The van der Waals surface area contributed by atoms with E-state index in [0.29, 0.717) is 0 Å². The van der Waals surface area contributed by atoms with Crippen molar-refractivity contribution in [2.75, 3.05) is 0 Å². The fraction of sp³-hybridized carbons (Fsp3) is 0.200. The molecule has 0 amide bonds. The summed E-state index contributed by atoms with van der Waals surface area (Å²) in [6.45, 7) is 3.98. The minimum atomic E-state index is 0.978. The van der Waals surface area contributed by atoms with Crippen molar-refractivity contribution in [2.24, 2.45) is 0 Å². The quantitative estimate of drug-likeness (QED) is 0.717. The Labute approximate surface area is 76.8 Å². The molecule has 3 heteroatoms. The minimum absolute atomic E-state index is 0.978. The largest absolute Gasteiger partial charge is 0.282 e. The van der Waals surface area contributed by atoms with Gasteiger partial charge in [0.1, 0.15) is 0 Å². The molecule has 2 rings (SSSR count). The SMILES string of the molecule is Cc1n[nH]c(C)c1-c1ccccn1. The van der Waals surface area contributed by atoms with Gasteiger partial charge in [-0.3, -0.25) is 10.1 Å². The maximum absolute atomic E-state index is 4.28. The molecule has 0 unspecified atom stereocenters. The Kier molecular flexibility index (Phi) is 1.85. The van der Waals surface area contributed by atoms with Crippen LogP contribution in [0.15, 0.2) is 24.4 Å². The maximum Gasteiger partial charge on any atom is 0.0738 e. The van der Waals surface area contributed by atoms with Gasteiger partial charge in [-0.25, -0.2) is 0 Å². The lowest BCUT2D eigenvalue weighted by Crippen LogP contribution is -1.84. The van der Waals surface area contributed by atoms with Gasteiger partial charge in [0.05, 0.1) is 11.4 Å². The lowest BCUT2D eigenvalue weighted by Gasteiger charge is -1.98. The van der Waals surface area contributed by atoms with Gasteiger partial charge in [0.25, 0.3) is 0 Å². The fourth-order valence-electron chi connectivity index (χ4n) is 1.44. The molecule has 2 aromatic rings. The number of aromatic amines is 1. The second-order valence-electron chi connectivity index (χ2n) is 3.02. The summed E-state index contributed by atoms with van der Waals surface area (Å²) in [7, 11) is 0. The van der Waals surface area contributed by atoms with Crippen LogP contribution in [-0.2, 0) is 0 Å².